The Morgan fingerprint density at radius 2 is 1.90 bits per heavy atom. The molecule has 0 saturated heterocycles. The van der Waals surface area contributed by atoms with Gasteiger partial charge in [0.05, 0.1) is 38.4 Å². The number of esters is 1. The third kappa shape index (κ3) is 11.1. The average Bonchev–Trinajstić information content (AvgIpc) is 3.28. The number of hydrogen-bond donors (Lipinski definition) is 2. The number of aromatic nitrogens is 4. The lowest BCUT2D eigenvalue weighted by Gasteiger charge is -2.25. The second kappa shape index (κ2) is 15.8. The summed E-state index contributed by atoms with van der Waals surface area (Å²) < 4.78 is 43.0. The number of nitrogens with one attached hydrogen (secondary N) is 1. The van der Waals surface area contributed by atoms with E-state index in [9.17, 15) is 14.2 Å². The first-order chi connectivity index (χ1) is 19.2. The van der Waals surface area contributed by atoms with E-state index in [1.54, 1.807) is 24.7 Å². The highest BCUT2D eigenvalue weighted by Crippen LogP contribution is 2.45. The second-order valence-corrected chi connectivity index (χ2v) is 13.3. The summed E-state index contributed by atoms with van der Waals surface area (Å²) in [5.74, 6) is 0.0159. The number of carbonyl (C=O) groups is 2. The van der Waals surface area contributed by atoms with Crippen LogP contribution < -0.4 is 15.6 Å². The van der Waals surface area contributed by atoms with Crippen molar-refractivity contribution in [3.8, 4) is 5.88 Å². The molecule has 0 aliphatic heterocycles. The van der Waals surface area contributed by atoms with Gasteiger partial charge >= 0.3 is 13.7 Å². The molecule has 41 heavy (non-hydrogen) atoms. The number of methoxy groups -OCH3 is 1. The normalized spacial score (nSPS) is 15.0. The van der Waals surface area contributed by atoms with Gasteiger partial charge in [0.15, 0.2) is 16.3 Å². The number of carbonyl (C=O) groups excluding carboxylic acids is 2. The monoisotopic (exact) mass is 618 g/mol. The van der Waals surface area contributed by atoms with E-state index in [0.29, 0.717) is 36.6 Å². The average molecular weight is 619 g/mol. The molecule has 3 atom stereocenters. The minimum absolute atomic E-state index is 0.0226. The van der Waals surface area contributed by atoms with Gasteiger partial charge in [-0.3, -0.25) is 18.6 Å². The van der Waals surface area contributed by atoms with E-state index >= 15 is 0 Å². The first kappa shape index (κ1) is 34.9. The van der Waals surface area contributed by atoms with Gasteiger partial charge in [0.25, 0.3) is 0 Å². The first-order valence-electron chi connectivity index (χ1n) is 13.4. The number of ether oxygens (including phenoxy) is 3. The van der Waals surface area contributed by atoms with Crippen molar-refractivity contribution >= 4 is 47.7 Å². The number of nitrogen functional groups attached to an aromatic ring is 1. The van der Waals surface area contributed by atoms with Gasteiger partial charge in [0.2, 0.25) is 11.8 Å². The molecule has 0 spiro atoms. The zero-order valence-electron chi connectivity index (χ0n) is 25.0. The summed E-state index contributed by atoms with van der Waals surface area (Å²) in [6, 6.07) is -0.977. The van der Waals surface area contributed by atoms with Gasteiger partial charge in [0, 0.05) is 24.8 Å². The Kier molecular flexibility index (Phi) is 13.5. The van der Waals surface area contributed by atoms with Gasteiger partial charge in [-0.05, 0) is 34.1 Å². The lowest BCUT2D eigenvalue weighted by molar-refractivity contribution is -0.149. The van der Waals surface area contributed by atoms with Crippen LogP contribution in [-0.4, -0.2) is 81.5 Å². The zero-order valence-corrected chi connectivity index (χ0v) is 26.8. The van der Waals surface area contributed by atoms with E-state index < -0.39 is 31.3 Å². The van der Waals surface area contributed by atoms with Crippen LogP contribution in [0.25, 0.3) is 11.2 Å². The molecule has 0 saturated carbocycles. The number of aryl methyl sites for hydroxylation is 1. The van der Waals surface area contributed by atoms with Crippen molar-refractivity contribution in [2.24, 2.45) is 5.41 Å². The fraction of sp³-hybridized carbons (Fsp3) is 0.720. The van der Waals surface area contributed by atoms with Gasteiger partial charge in [-0.15, -0.1) is 0 Å². The van der Waals surface area contributed by atoms with E-state index in [2.05, 4.69) is 20.0 Å². The number of thioether (sulfide) groups is 1. The number of nitrogens with zero attached hydrogens (tertiary/aromatic N) is 4. The third-order valence-electron chi connectivity index (χ3n) is 5.43. The highest BCUT2D eigenvalue weighted by molar-refractivity contribution is 8.13. The summed E-state index contributed by atoms with van der Waals surface area (Å²) in [4.78, 5) is 37.3. The first-order valence-corrected chi connectivity index (χ1v) is 15.9. The Bertz CT molecular complexity index is 1200. The zero-order chi connectivity index (χ0) is 30.8. The van der Waals surface area contributed by atoms with Gasteiger partial charge in [-0.2, -0.15) is 9.97 Å². The Hall–Kier alpha value is -2.29. The van der Waals surface area contributed by atoms with Gasteiger partial charge < -0.3 is 24.5 Å². The molecule has 2 aromatic rings. The van der Waals surface area contributed by atoms with Crippen LogP contribution in [0.2, 0.25) is 0 Å². The van der Waals surface area contributed by atoms with Crippen LogP contribution >= 0.6 is 19.5 Å². The Labute approximate surface area is 245 Å². The lowest BCUT2D eigenvalue weighted by Crippen LogP contribution is -2.36. The van der Waals surface area contributed by atoms with Gasteiger partial charge in [-0.25, -0.2) is 14.6 Å². The second-order valence-electron chi connectivity index (χ2n) is 10.4. The van der Waals surface area contributed by atoms with Crippen LogP contribution in [0.3, 0.4) is 0 Å². The van der Waals surface area contributed by atoms with Crippen molar-refractivity contribution in [1.82, 2.24) is 24.6 Å². The number of imidazole rings is 1. The number of rotatable bonds is 17. The number of fused-ring (bicyclic) bond motifs is 1. The largest absolute Gasteiger partial charge is 0.476 e. The topological polar surface area (TPSA) is 179 Å². The van der Waals surface area contributed by atoms with Crippen LogP contribution in [-0.2, 0) is 39.2 Å². The van der Waals surface area contributed by atoms with Crippen molar-refractivity contribution in [2.45, 2.75) is 79.7 Å². The maximum absolute atomic E-state index is 13.6. The smallest absolute Gasteiger partial charge is 0.406 e. The molecule has 14 nitrogen and oxygen atoms in total. The molecule has 0 aliphatic carbocycles. The summed E-state index contributed by atoms with van der Waals surface area (Å²) in [5.41, 5.74) is 6.31. The van der Waals surface area contributed by atoms with Crippen molar-refractivity contribution in [1.29, 1.82) is 0 Å². The third-order valence-corrected chi connectivity index (χ3v) is 8.39. The SMILES string of the molecule is CCOc1nc(N)nc2c1ncn2CCC(COP(=O)(NC(C)C(=O)OC(C)C)OCCSC(=O)C(C)(C)C)OC. The standard InChI is InChI=1S/C25H43N6O8PS/c1-9-36-21-19-20(28-24(26)29-21)31(15-27-19)11-10-18(35-8)14-38-40(34,30-17(4)22(32)39-16(2)3)37-12-13-41-23(33)25(5,6)7/h15-18H,9-14H2,1-8H3,(H,30,34)(H2,26,28,29). The van der Waals surface area contributed by atoms with Crippen molar-refractivity contribution in [3.05, 3.63) is 6.33 Å². The molecule has 2 heterocycles. The molecule has 0 aliphatic rings. The number of anilines is 1. The van der Waals surface area contributed by atoms with E-state index in [4.69, 9.17) is 29.0 Å². The minimum Gasteiger partial charge on any atom is -0.476 e. The van der Waals surface area contributed by atoms with E-state index in [1.807, 2.05) is 27.7 Å². The molecule has 2 rings (SSSR count). The van der Waals surface area contributed by atoms with Crippen LogP contribution in [0.15, 0.2) is 6.33 Å². The summed E-state index contributed by atoms with van der Waals surface area (Å²) in [5, 5.41) is 2.62. The minimum atomic E-state index is -4.01. The van der Waals surface area contributed by atoms with E-state index in [1.165, 1.54) is 14.0 Å². The Balaban J connectivity index is 2.07. The van der Waals surface area contributed by atoms with Crippen LogP contribution in [0.5, 0.6) is 5.88 Å². The summed E-state index contributed by atoms with van der Waals surface area (Å²) in [6.07, 6.45) is 1.17. The van der Waals surface area contributed by atoms with Crippen LogP contribution in [0.1, 0.15) is 54.9 Å². The molecule has 3 unspecified atom stereocenters. The molecular weight excluding hydrogens is 575 g/mol. The van der Waals surface area contributed by atoms with E-state index in [-0.39, 0.29) is 36.1 Å². The molecule has 0 radical (unpaired) electrons. The molecule has 2 aromatic heterocycles. The van der Waals surface area contributed by atoms with Crippen molar-refractivity contribution in [2.75, 3.05) is 38.4 Å². The van der Waals surface area contributed by atoms with Gasteiger partial charge in [0.1, 0.15) is 6.04 Å². The summed E-state index contributed by atoms with van der Waals surface area (Å²) in [6.45, 7) is 12.9. The van der Waals surface area contributed by atoms with Gasteiger partial charge in [-0.1, -0.05) is 32.5 Å². The fourth-order valence-corrected chi connectivity index (χ4v) is 5.72. The molecule has 232 valence electrons. The molecule has 0 amide bonds. The maximum atomic E-state index is 13.6. The highest BCUT2D eigenvalue weighted by atomic mass is 32.2. The predicted molar refractivity (Wildman–Crippen MR) is 157 cm³/mol. The molecular formula is C25H43N6O8PS. The molecule has 0 aromatic carbocycles. The molecule has 0 bridgehead atoms. The molecule has 0 fully saturated rings. The number of nitrogens with two attached hydrogens (primary N) is 1. The lowest BCUT2D eigenvalue weighted by atomic mass is 10.00. The Morgan fingerprint density at radius 3 is 2.51 bits per heavy atom. The van der Waals surface area contributed by atoms with Crippen LogP contribution in [0, 0.1) is 5.41 Å². The number of hydrogen-bond acceptors (Lipinski definition) is 13. The summed E-state index contributed by atoms with van der Waals surface area (Å²) in [7, 11) is -2.51. The maximum Gasteiger partial charge on any atom is 0.406 e. The van der Waals surface area contributed by atoms with Crippen molar-refractivity contribution < 1.29 is 37.4 Å². The summed E-state index contributed by atoms with van der Waals surface area (Å²) >= 11 is 1.08. The van der Waals surface area contributed by atoms with Crippen LogP contribution in [0.4, 0.5) is 5.95 Å². The quantitative estimate of drug-likeness (QED) is 0.149. The molecule has 16 heteroatoms. The fourth-order valence-electron chi connectivity index (χ4n) is 3.31. The van der Waals surface area contributed by atoms with Crippen molar-refractivity contribution in [3.63, 3.8) is 0 Å². The van der Waals surface area contributed by atoms with E-state index in [0.717, 1.165) is 11.8 Å². The molecule has 3 N–H and O–H groups in total. The predicted octanol–water partition coefficient (Wildman–Crippen LogP) is 3.59. The highest BCUT2D eigenvalue weighted by Gasteiger charge is 2.32. The Morgan fingerprint density at radius 1 is 1.20 bits per heavy atom.